The lowest BCUT2D eigenvalue weighted by Gasteiger charge is -2.33. The normalized spacial score (nSPS) is 25.7. The van der Waals surface area contributed by atoms with E-state index in [9.17, 15) is 38.4 Å². The SMILES string of the molecule is CCCCCCC(OC(C)=O)C1C2=C(CC(C(OC(C)=O)C3CC=CC(=O)O3)CC3=C(C(=O)OC3=O)C1OC(C)=O)C(=O)OC2=O. The summed E-state index contributed by atoms with van der Waals surface area (Å²) in [4.78, 5) is 103. The van der Waals surface area contributed by atoms with Crippen molar-refractivity contribution in [1.29, 1.82) is 0 Å². The van der Waals surface area contributed by atoms with E-state index in [-0.39, 0.29) is 42.4 Å². The Morgan fingerprint density at radius 2 is 1.41 bits per heavy atom. The van der Waals surface area contributed by atoms with E-state index in [4.69, 9.17) is 28.4 Å². The maximum atomic E-state index is 13.5. The van der Waals surface area contributed by atoms with Gasteiger partial charge in [0.05, 0.1) is 22.6 Å². The molecule has 0 bridgehead atoms. The minimum atomic E-state index is -1.72. The highest BCUT2D eigenvalue weighted by Crippen LogP contribution is 2.45. The second-order valence-electron chi connectivity index (χ2n) is 11.5. The predicted molar refractivity (Wildman–Crippen MR) is 152 cm³/mol. The Balaban J connectivity index is 1.98. The van der Waals surface area contributed by atoms with Crippen LogP contribution in [0.1, 0.15) is 79.1 Å². The average molecular weight is 645 g/mol. The van der Waals surface area contributed by atoms with E-state index in [1.807, 2.05) is 6.92 Å². The molecule has 6 atom stereocenters. The molecule has 0 aromatic rings. The molecule has 3 heterocycles. The lowest BCUT2D eigenvalue weighted by molar-refractivity contribution is -0.169. The average Bonchev–Trinajstić information content (AvgIpc) is 3.41. The van der Waals surface area contributed by atoms with Gasteiger partial charge in [-0.25, -0.2) is 24.0 Å². The molecule has 0 amide bonds. The summed E-state index contributed by atoms with van der Waals surface area (Å²) in [5.41, 5.74) is -1.19. The lowest BCUT2D eigenvalue weighted by atomic mass is 9.79. The van der Waals surface area contributed by atoms with Crippen LogP contribution in [0.4, 0.5) is 0 Å². The van der Waals surface area contributed by atoms with E-state index in [0.29, 0.717) is 12.8 Å². The van der Waals surface area contributed by atoms with Gasteiger partial charge in [0.2, 0.25) is 0 Å². The third-order valence-corrected chi connectivity index (χ3v) is 8.21. The fourth-order valence-electron chi connectivity index (χ4n) is 6.43. The third-order valence-electron chi connectivity index (χ3n) is 8.21. The Hall–Kier alpha value is -4.62. The molecule has 248 valence electrons. The highest BCUT2D eigenvalue weighted by atomic mass is 16.6. The topological polar surface area (TPSA) is 192 Å². The van der Waals surface area contributed by atoms with Crippen LogP contribution in [0.2, 0.25) is 0 Å². The van der Waals surface area contributed by atoms with Gasteiger partial charge in [0.25, 0.3) is 0 Å². The molecule has 0 aromatic carbocycles. The van der Waals surface area contributed by atoms with Gasteiger partial charge in [-0.15, -0.1) is 0 Å². The summed E-state index contributed by atoms with van der Waals surface area (Å²) in [6.45, 7) is 5.30. The van der Waals surface area contributed by atoms with E-state index in [0.717, 1.165) is 33.6 Å². The van der Waals surface area contributed by atoms with E-state index in [2.05, 4.69) is 0 Å². The van der Waals surface area contributed by atoms with Crippen LogP contribution in [0, 0.1) is 11.8 Å². The molecule has 1 aliphatic carbocycles. The summed E-state index contributed by atoms with van der Waals surface area (Å²) in [5.74, 6) is -10.1. The molecular formula is C32H36O14. The maximum Gasteiger partial charge on any atom is 0.346 e. The van der Waals surface area contributed by atoms with Gasteiger partial charge in [0, 0.05) is 44.8 Å². The second-order valence-corrected chi connectivity index (χ2v) is 11.5. The Labute approximate surface area is 264 Å². The van der Waals surface area contributed by atoms with Crippen LogP contribution in [0.15, 0.2) is 34.4 Å². The van der Waals surface area contributed by atoms with E-state index >= 15 is 0 Å². The minimum absolute atomic E-state index is 0.107. The monoisotopic (exact) mass is 644 g/mol. The first kappa shape index (κ1) is 34.3. The highest BCUT2D eigenvalue weighted by molar-refractivity contribution is 6.15. The van der Waals surface area contributed by atoms with Gasteiger partial charge in [-0.1, -0.05) is 32.3 Å². The Bertz CT molecular complexity index is 1430. The van der Waals surface area contributed by atoms with E-state index < -0.39 is 89.6 Å². The molecule has 14 nitrogen and oxygen atoms in total. The molecule has 0 saturated carbocycles. The zero-order valence-corrected chi connectivity index (χ0v) is 26.0. The molecule has 3 aliphatic heterocycles. The van der Waals surface area contributed by atoms with Crippen LogP contribution in [-0.2, 0) is 66.8 Å². The summed E-state index contributed by atoms with van der Waals surface area (Å²) < 4.78 is 32.4. The molecule has 4 aliphatic rings. The number of cyclic esters (lactones) is 5. The van der Waals surface area contributed by atoms with Crippen molar-refractivity contribution >= 4 is 47.8 Å². The van der Waals surface area contributed by atoms with Crippen LogP contribution < -0.4 is 0 Å². The Morgan fingerprint density at radius 3 is 1.98 bits per heavy atom. The van der Waals surface area contributed by atoms with Gasteiger partial charge in [-0.05, 0) is 25.7 Å². The first-order valence-electron chi connectivity index (χ1n) is 15.2. The smallest absolute Gasteiger partial charge is 0.346 e. The van der Waals surface area contributed by atoms with Crippen molar-refractivity contribution in [2.75, 3.05) is 0 Å². The Kier molecular flexibility index (Phi) is 10.9. The molecule has 0 saturated heterocycles. The zero-order chi connectivity index (χ0) is 33.7. The molecule has 0 spiro atoms. The number of esters is 8. The minimum Gasteiger partial charge on any atom is -0.462 e. The van der Waals surface area contributed by atoms with Crippen molar-refractivity contribution in [2.45, 2.75) is 103 Å². The van der Waals surface area contributed by atoms with Crippen molar-refractivity contribution in [3.8, 4) is 0 Å². The summed E-state index contributed by atoms with van der Waals surface area (Å²) in [7, 11) is 0. The van der Waals surface area contributed by atoms with Crippen LogP contribution >= 0.6 is 0 Å². The standard InChI is InChI=1S/C32H36O14/c1-5-6-7-8-10-21(41-15(2)33)26-24-19(29(37)45-31(24)39)13-18(27(42-16(3)34)22-11-9-12-23(36)44-22)14-20-25(28(26)43-17(4)35)32(40)46-30(20)38/h9,12,18,21-22,26-28H,5-8,10-11,13-14H2,1-4H3. The fraction of sp³-hybridized carbons (Fsp3) is 0.562. The maximum absolute atomic E-state index is 13.5. The van der Waals surface area contributed by atoms with Gasteiger partial charge in [-0.2, -0.15) is 0 Å². The second kappa shape index (κ2) is 14.6. The number of rotatable bonds is 11. The van der Waals surface area contributed by atoms with Crippen molar-refractivity contribution in [3.63, 3.8) is 0 Å². The first-order chi connectivity index (χ1) is 21.8. The molecule has 46 heavy (non-hydrogen) atoms. The number of carbonyl (C=O) groups excluding carboxylic acids is 8. The van der Waals surface area contributed by atoms with E-state index in [1.165, 1.54) is 12.2 Å². The lowest BCUT2D eigenvalue weighted by Crippen LogP contribution is -2.42. The molecule has 0 aromatic heterocycles. The summed E-state index contributed by atoms with van der Waals surface area (Å²) in [6, 6.07) is 0. The number of unbranched alkanes of at least 4 members (excludes halogenated alkanes) is 3. The van der Waals surface area contributed by atoms with Crippen LogP contribution in [-0.4, -0.2) is 72.2 Å². The van der Waals surface area contributed by atoms with Gasteiger partial charge >= 0.3 is 47.8 Å². The van der Waals surface area contributed by atoms with Gasteiger partial charge < -0.3 is 28.4 Å². The number of carbonyl (C=O) groups is 8. The van der Waals surface area contributed by atoms with Crippen molar-refractivity contribution in [1.82, 2.24) is 0 Å². The molecule has 4 rings (SSSR count). The summed E-state index contributed by atoms with van der Waals surface area (Å²) in [6.07, 6.45) is -0.142. The predicted octanol–water partition coefficient (Wildman–Crippen LogP) is 2.41. The van der Waals surface area contributed by atoms with Crippen LogP contribution in [0.5, 0.6) is 0 Å². The van der Waals surface area contributed by atoms with Gasteiger partial charge in [0.15, 0.2) is 0 Å². The number of hydrogen-bond acceptors (Lipinski definition) is 14. The summed E-state index contributed by atoms with van der Waals surface area (Å²) in [5, 5.41) is 0. The molecule has 0 fully saturated rings. The van der Waals surface area contributed by atoms with Crippen LogP contribution in [0.25, 0.3) is 0 Å². The highest BCUT2D eigenvalue weighted by Gasteiger charge is 2.54. The quantitative estimate of drug-likeness (QED) is 0.138. The Morgan fingerprint density at radius 1 is 0.804 bits per heavy atom. The molecule has 0 N–H and O–H groups in total. The zero-order valence-electron chi connectivity index (χ0n) is 26.0. The van der Waals surface area contributed by atoms with Crippen LogP contribution in [0.3, 0.4) is 0 Å². The van der Waals surface area contributed by atoms with Crippen molar-refractivity contribution < 1.29 is 66.8 Å². The third kappa shape index (κ3) is 7.60. The van der Waals surface area contributed by atoms with Gasteiger partial charge in [0.1, 0.15) is 24.4 Å². The number of hydrogen-bond donors (Lipinski definition) is 0. The van der Waals surface area contributed by atoms with Gasteiger partial charge in [-0.3, -0.25) is 14.4 Å². The first-order valence-corrected chi connectivity index (χ1v) is 15.2. The fourth-order valence-corrected chi connectivity index (χ4v) is 6.43. The largest absolute Gasteiger partial charge is 0.462 e. The molecule has 6 unspecified atom stereocenters. The van der Waals surface area contributed by atoms with E-state index in [1.54, 1.807) is 0 Å². The molecule has 0 radical (unpaired) electrons. The van der Waals surface area contributed by atoms with Crippen molar-refractivity contribution in [2.24, 2.45) is 11.8 Å². The number of ether oxygens (including phenoxy) is 6. The molecular weight excluding hydrogens is 608 g/mol. The molecule has 14 heteroatoms. The van der Waals surface area contributed by atoms with Crippen molar-refractivity contribution in [3.05, 3.63) is 34.4 Å². The summed E-state index contributed by atoms with van der Waals surface area (Å²) >= 11 is 0.